The van der Waals surface area contributed by atoms with E-state index in [1.807, 2.05) is 25.1 Å². The molecule has 2 rings (SSSR count). The zero-order chi connectivity index (χ0) is 12.8. The maximum Gasteiger partial charge on any atom is 0.163 e. The van der Waals surface area contributed by atoms with Gasteiger partial charge in [0.15, 0.2) is 5.78 Å². The van der Waals surface area contributed by atoms with Crippen LogP contribution in [-0.2, 0) is 11.2 Å². The summed E-state index contributed by atoms with van der Waals surface area (Å²) in [5.74, 6) is 1.04. The lowest BCUT2D eigenvalue weighted by Crippen LogP contribution is -2.11. The summed E-state index contributed by atoms with van der Waals surface area (Å²) in [5.41, 5.74) is 2.01. The van der Waals surface area contributed by atoms with Gasteiger partial charge in [-0.2, -0.15) is 0 Å². The third-order valence-corrected chi connectivity index (χ3v) is 3.14. The summed E-state index contributed by atoms with van der Waals surface area (Å²) < 4.78 is 10.9. The predicted molar refractivity (Wildman–Crippen MR) is 70.3 cm³/mol. The van der Waals surface area contributed by atoms with Gasteiger partial charge in [0.2, 0.25) is 0 Å². The van der Waals surface area contributed by atoms with Gasteiger partial charge in [-0.15, -0.1) is 0 Å². The Morgan fingerprint density at radius 3 is 2.94 bits per heavy atom. The Hall–Kier alpha value is -1.35. The molecule has 3 heteroatoms. The highest BCUT2D eigenvalue weighted by Crippen LogP contribution is 2.25. The summed E-state index contributed by atoms with van der Waals surface area (Å²) in [4.78, 5) is 11.8. The first-order valence-electron chi connectivity index (χ1n) is 6.68. The molecule has 0 atom stereocenters. The molecule has 1 aliphatic carbocycles. The quantitative estimate of drug-likeness (QED) is 0.726. The van der Waals surface area contributed by atoms with E-state index in [-0.39, 0.29) is 5.78 Å². The van der Waals surface area contributed by atoms with E-state index in [0.717, 1.165) is 49.4 Å². The number of Topliss-reactive ketones (excluding diaryl/α,β-unsaturated/α-hetero) is 1. The molecule has 98 valence electrons. The van der Waals surface area contributed by atoms with Gasteiger partial charge in [-0.1, -0.05) is 6.07 Å². The fourth-order valence-corrected chi connectivity index (χ4v) is 2.19. The number of rotatable bonds is 6. The molecule has 1 aliphatic rings. The van der Waals surface area contributed by atoms with Gasteiger partial charge in [-0.3, -0.25) is 4.79 Å². The molecule has 0 bridgehead atoms. The van der Waals surface area contributed by atoms with Crippen molar-refractivity contribution in [1.29, 1.82) is 0 Å². The zero-order valence-corrected chi connectivity index (χ0v) is 10.9. The summed E-state index contributed by atoms with van der Waals surface area (Å²) >= 11 is 0. The lowest BCUT2D eigenvalue weighted by molar-refractivity contribution is 0.0971. The standard InChI is InChI=1S/C15H20O3/c1-2-17-9-4-10-18-13-8-7-12-5-3-6-15(16)14(12)11-13/h7-8,11H,2-6,9-10H2,1H3. The van der Waals surface area contributed by atoms with Gasteiger partial charge in [0.1, 0.15) is 5.75 Å². The molecule has 0 amide bonds. The number of fused-ring (bicyclic) bond motifs is 1. The summed E-state index contributed by atoms with van der Waals surface area (Å²) in [6, 6.07) is 5.86. The molecular formula is C15H20O3. The highest BCUT2D eigenvalue weighted by atomic mass is 16.5. The molecule has 0 unspecified atom stereocenters. The average Bonchev–Trinajstić information content (AvgIpc) is 2.39. The number of hydrogen-bond acceptors (Lipinski definition) is 3. The Morgan fingerprint density at radius 2 is 2.11 bits per heavy atom. The molecule has 3 nitrogen and oxygen atoms in total. The monoisotopic (exact) mass is 248 g/mol. The van der Waals surface area contributed by atoms with Crippen molar-refractivity contribution in [1.82, 2.24) is 0 Å². The first-order valence-corrected chi connectivity index (χ1v) is 6.68. The van der Waals surface area contributed by atoms with E-state index in [1.54, 1.807) is 0 Å². The molecular weight excluding hydrogens is 228 g/mol. The molecule has 0 radical (unpaired) electrons. The fraction of sp³-hybridized carbons (Fsp3) is 0.533. The molecule has 1 aromatic rings. The molecule has 0 saturated carbocycles. The lowest BCUT2D eigenvalue weighted by Gasteiger charge is -2.15. The minimum Gasteiger partial charge on any atom is -0.493 e. The molecule has 0 aromatic heterocycles. The number of ether oxygens (including phenoxy) is 2. The predicted octanol–water partition coefficient (Wildman–Crippen LogP) is 3.01. The van der Waals surface area contributed by atoms with Crippen molar-refractivity contribution in [3.63, 3.8) is 0 Å². The molecule has 1 aromatic carbocycles. The van der Waals surface area contributed by atoms with E-state index < -0.39 is 0 Å². The van der Waals surface area contributed by atoms with Crippen LogP contribution in [0.5, 0.6) is 5.75 Å². The first kappa shape index (κ1) is 13.1. The van der Waals surface area contributed by atoms with Crippen LogP contribution in [0.2, 0.25) is 0 Å². The van der Waals surface area contributed by atoms with Crippen molar-refractivity contribution in [2.24, 2.45) is 0 Å². The Bertz CT molecular complexity index is 412. The molecule has 0 aliphatic heterocycles. The third-order valence-electron chi connectivity index (χ3n) is 3.14. The third kappa shape index (κ3) is 3.33. The maximum atomic E-state index is 11.8. The van der Waals surface area contributed by atoms with Crippen LogP contribution in [0.25, 0.3) is 0 Å². The largest absolute Gasteiger partial charge is 0.493 e. The number of ketones is 1. The number of benzene rings is 1. The zero-order valence-electron chi connectivity index (χ0n) is 10.9. The molecule has 0 saturated heterocycles. The molecule has 0 fully saturated rings. The average molecular weight is 248 g/mol. The summed E-state index contributed by atoms with van der Waals surface area (Å²) in [6.45, 7) is 4.08. The summed E-state index contributed by atoms with van der Waals surface area (Å²) in [6.07, 6.45) is 3.52. The molecule has 0 N–H and O–H groups in total. The van der Waals surface area contributed by atoms with Crippen LogP contribution in [0.4, 0.5) is 0 Å². The highest BCUT2D eigenvalue weighted by Gasteiger charge is 2.17. The van der Waals surface area contributed by atoms with Crippen molar-refractivity contribution >= 4 is 5.78 Å². The number of aryl methyl sites for hydroxylation is 1. The first-order chi connectivity index (χ1) is 8.81. The topological polar surface area (TPSA) is 35.5 Å². The normalized spacial score (nSPS) is 14.4. The Morgan fingerprint density at radius 1 is 1.22 bits per heavy atom. The second kappa shape index (κ2) is 6.55. The number of carbonyl (C=O) groups excluding carboxylic acids is 1. The summed E-state index contributed by atoms with van der Waals surface area (Å²) in [7, 11) is 0. The van der Waals surface area contributed by atoms with Crippen molar-refractivity contribution in [2.45, 2.75) is 32.6 Å². The van der Waals surface area contributed by atoms with Crippen LogP contribution in [0.1, 0.15) is 42.1 Å². The summed E-state index contributed by atoms with van der Waals surface area (Å²) in [5, 5.41) is 0. The van der Waals surface area contributed by atoms with Crippen LogP contribution in [0.3, 0.4) is 0 Å². The number of hydrogen-bond donors (Lipinski definition) is 0. The Kier molecular flexibility index (Phi) is 4.76. The van der Waals surface area contributed by atoms with Crippen LogP contribution in [-0.4, -0.2) is 25.6 Å². The van der Waals surface area contributed by atoms with Gasteiger partial charge >= 0.3 is 0 Å². The van der Waals surface area contributed by atoms with Crippen molar-refractivity contribution < 1.29 is 14.3 Å². The van der Waals surface area contributed by atoms with Gasteiger partial charge in [0.25, 0.3) is 0 Å². The van der Waals surface area contributed by atoms with Crippen LogP contribution < -0.4 is 4.74 Å². The Labute approximate surface area is 108 Å². The highest BCUT2D eigenvalue weighted by molar-refractivity contribution is 5.98. The van der Waals surface area contributed by atoms with Gasteiger partial charge in [0.05, 0.1) is 6.61 Å². The van der Waals surface area contributed by atoms with Crippen LogP contribution >= 0.6 is 0 Å². The Balaban J connectivity index is 1.90. The minimum atomic E-state index is 0.246. The molecule has 0 spiro atoms. The minimum absolute atomic E-state index is 0.246. The maximum absolute atomic E-state index is 11.8. The smallest absolute Gasteiger partial charge is 0.163 e. The van der Waals surface area contributed by atoms with Gasteiger partial charge in [0, 0.05) is 31.6 Å². The number of carbonyl (C=O) groups is 1. The van der Waals surface area contributed by atoms with Gasteiger partial charge in [-0.05, 0) is 37.5 Å². The molecule has 18 heavy (non-hydrogen) atoms. The van der Waals surface area contributed by atoms with Crippen LogP contribution in [0.15, 0.2) is 18.2 Å². The van der Waals surface area contributed by atoms with Crippen molar-refractivity contribution in [3.8, 4) is 5.75 Å². The second-order valence-corrected chi connectivity index (χ2v) is 4.49. The van der Waals surface area contributed by atoms with E-state index in [9.17, 15) is 4.79 Å². The van der Waals surface area contributed by atoms with E-state index in [1.165, 1.54) is 0 Å². The van der Waals surface area contributed by atoms with Crippen molar-refractivity contribution in [2.75, 3.05) is 19.8 Å². The van der Waals surface area contributed by atoms with E-state index in [4.69, 9.17) is 9.47 Å². The van der Waals surface area contributed by atoms with Gasteiger partial charge in [-0.25, -0.2) is 0 Å². The van der Waals surface area contributed by atoms with E-state index in [0.29, 0.717) is 13.0 Å². The SMILES string of the molecule is CCOCCCOc1ccc2c(c1)C(=O)CCC2. The van der Waals surface area contributed by atoms with Crippen molar-refractivity contribution in [3.05, 3.63) is 29.3 Å². The van der Waals surface area contributed by atoms with E-state index >= 15 is 0 Å². The van der Waals surface area contributed by atoms with Crippen LogP contribution in [0, 0.1) is 0 Å². The lowest BCUT2D eigenvalue weighted by atomic mass is 9.90. The van der Waals surface area contributed by atoms with E-state index in [2.05, 4.69) is 0 Å². The molecule has 0 heterocycles. The fourth-order valence-electron chi connectivity index (χ4n) is 2.19. The van der Waals surface area contributed by atoms with Gasteiger partial charge < -0.3 is 9.47 Å². The second-order valence-electron chi connectivity index (χ2n) is 4.49.